The van der Waals surface area contributed by atoms with Crippen LogP contribution in [-0.4, -0.2) is 46.6 Å². The Kier molecular flexibility index (Phi) is 7.44. The summed E-state index contributed by atoms with van der Waals surface area (Å²) in [6.07, 6.45) is 2.58. The monoisotopic (exact) mass is 362 g/mol. The van der Waals surface area contributed by atoms with Gasteiger partial charge in [-0.15, -0.1) is 0 Å². The van der Waals surface area contributed by atoms with Gasteiger partial charge >= 0.3 is 12.1 Å². The number of unbranched alkanes of at least 4 members (excludes halogenated alkanes) is 1. The standard InChI is InChI=1S/C19H26N2O5/c1-2-3-10-15(18(23)24)20-17(22)16-11-7-12-21(16)19(25)26-13-14-8-5-4-6-9-14/h4-6,8-9,15-16H,2-3,7,10-13H2,1H3,(H,20,22)(H,23,24)/t15-,16-/m1/s1. The van der Waals surface area contributed by atoms with Crippen molar-refractivity contribution in [1.82, 2.24) is 10.2 Å². The molecule has 2 amide bonds. The number of rotatable bonds is 8. The topological polar surface area (TPSA) is 95.9 Å². The molecular formula is C19H26N2O5. The summed E-state index contributed by atoms with van der Waals surface area (Å²) in [7, 11) is 0. The first-order valence-corrected chi connectivity index (χ1v) is 9.03. The van der Waals surface area contributed by atoms with Crippen molar-refractivity contribution in [3.05, 3.63) is 35.9 Å². The third-order valence-electron chi connectivity index (χ3n) is 4.46. The number of carbonyl (C=O) groups is 3. The highest BCUT2D eigenvalue weighted by molar-refractivity contribution is 5.89. The molecule has 2 rings (SSSR count). The Hall–Kier alpha value is -2.57. The lowest BCUT2D eigenvalue weighted by Gasteiger charge is -2.25. The summed E-state index contributed by atoms with van der Waals surface area (Å²) in [4.78, 5) is 37.5. The first-order valence-electron chi connectivity index (χ1n) is 9.03. The van der Waals surface area contributed by atoms with Crippen LogP contribution in [0, 0.1) is 0 Å². The first-order chi connectivity index (χ1) is 12.5. The minimum Gasteiger partial charge on any atom is -0.480 e. The molecule has 1 aliphatic heterocycles. The number of hydrogen-bond donors (Lipinski definition) is 2. The lowest BCUT2D eigenvalue weighted by Crippen LogP contribution is -2.50. The van der Waals surface area contributed by atoms with E-state index in [1.165, 1.54) is 4.90 Å². The number of carbonyl (C=O) groups excluding carboxylic acids is 2. The second kappa shape index (κ2) is 9.79. The van der Waals surface area contributed by atoms with E-state index in [-0.39, 0.29) is 6.61 Å². The van der Waals surface area contributed by atoms with E-state index in [0.29, 0.717) is 32.2 Å². The highest BCUT2D eigenvalue weighted by atomic mass is 16.6. The maximum atomic E-state index is 12.5. The van der Waals surface area contributed by atoms with Crippen molar-refractivity contribution in [3.8, 4) is 0 Å². The summed E-state index contributed by atoms with van der Waals surface area (Å²) in [5.41, 5.74) is 0.867. The van der Waals surface area contributed by atoms with Gasteiger partial charge in [-0.3, -0.25) is 9.69 Å². The molecular weight excluding hydrogens is 336 g/mol. The maximum absolute atomic E-state index is 12.5. The maximum Gasteiger partial charge on any atom is 0.410 e. The molecule has 0 aromatic heterocycles. The Balaban J connectivity index is 1.91. The zero-order valence-electron chi connectivity index (χ0n) is 15.0. The first kappa shape index (κ1) is 19.8. The molecule has 2 N–H and O–H groups in total. The van der Waals surface area contributed by atoms with Crippen molar-refractivity contribution >= 4 is 18.0 Å². The molecule has 0 aliphatic carbocycles. The Bertz CT molecular complexity index is 620. The molecule has 0 spiro atoms. The van der Waals surface area contributed by atoms with Crippen molar-refractivity contribution < 1.29 is 24.2 Å². The van der Waals surface area contributed by atoms with Gasteiger partial charge in [0.25, 0.3) is 0 Å². The smallest absolute Gasteiger partial charge is 0.410 e. The quantitative estimate of drug-likeness (QED) is 0.741. The molecule has 1 fully saturated rings. The van der Waals surface area contributed by atoms with Crippen LogP contribution in [0.25, 0.3) is 0 Å². The number of nitrogens with zero attached hydrogens (tertiary/aromatic N) is 1. The number of hydrogen-bond acceptors (Lipinski definition) is 4. The largest absolute Gasteiger partial charge is 0.480 e. The fourth-order valence-corrected chi connectivity index (χ4v) is 2.99. The molecule has 0 unspecified atom stereocenters. The molecule has 1 heterocycles. The summed E-state index contributed by atoms with van der Waals surface area (Å²) >= 11 is 0. The van der Waals surface area contributed by atoms with Gasteiger partial charge in [0.1, 0.15) is 18.7 Å². The van der Waals surface area contributed by atoms with E-state index in [1.807, 2.05) is 37.3 Å². The number of nitrogens with one attached hydrogen (secondary N) is 1. The van der Waals surface area contributed by atoms with Gasteiger partial charge in [0.15, 0.2) is 0 Å². The molecule has 0 bridgehead atoms. The summed E-state index contributed by atoms with van der Waals surface area (Å²) in [5, 5.41) is 11.8. The van der Waals surface area contributed by atoms with Crippen molar-refractivity contribution in [2.45, 2.75) is 57.7 Å². The molecule has 1 aromatic carbocycles. The van der Waals surface area contributed by atoms with E-state index in [1.54, 1.807) is 0 Å². The van der Waals surface area contributed by atoms with E-state index < -0.39 is 30.1 Å². The third-order valence-corrected chi connectivity index (χ3v) is 4.46. The Morgan fingerprint density at radius 3 is 2.69 bits per heavy atom. The molecule has 7 nitrogen and oxygen atoms in total. The average molecular weight is 362 g/mol. The van der Waals surface area contributed by atoms with Crippen molar-refractivity contribution in [2.24, 2.45) is 0 Å². The van der Waals surface area contributed by atoms with Crippen LogP contribution in [0.3, 0.4) is 0 Å². The lowest BCUT2D eigenvalue weighted by atomic mass is 10.1. The Morgan fingerprint density at radius 2 is 2.04 bits per heavy atom. The molecule has 7 heteroatoms. The van der Waals surface area contributed by atoms with Gasteiger partial charge in [-0.25, -0.2) is 9.59 Å². The van der Waals surface area contributed by atoms with Crippen molar-refractivity contribution in [1.29, 1.82) is 0 Å². The second-order valence-electron chi connectivity index (χ2n) is 6.43. The number of carboxylic acids is 1. The highest BCUT2D eigenvalue weighted by Gasteiger charge is 2.36. The van der Waals surface area contributed by atoms with Crippen LogP contribution in [0.2, 0.25) is 0 Å². The highest BCUT2D eigenvalue weighted by Crippen LogP contribution is 2.19. The minimum atomic E-state index is -1.05. The fraction of sp³-hybridized carbons (Fsp3) is 0.526. The van der Waals surface area contributed by atoms with E-state index in [0.717, 1.165) is 12.0 Å². The zero-order valence-corrected chi connectivity index (χ0v) is 15.0. The SMILES string of the molecule is CCCC[C@@H](NC(=O)[C@H]1CCCN1C(=O)OCc1ccccc1)C(=O)O. The zero-order chi connectivity index (χ0) is 18.9. The molecule has 2 atom stereocenters. The summed E-state index contributed by atoms with van der Waals surface area (Å²) in [5.74, 6) is -1.48. The number of aliphatic carboxylic acids is 1. The van der Waals surface area contributed by atoms with Crippen molar-refractivity contribution in [2.75, 3.05) is 6.54 Å². The minimum absolute atomic E-state index is 0.138. The van der Waals surface area contributed by atoms with Crippen LogP contribution in [-0.2, 0) is 20.9 Å². The number of likely N-dealkylation sites (tertiary alicyclic amines) is 1. The van der Waals surface area contributed by atoms with Gasteiger partial charge in [-0.05, 0) is 24.8 Å². The van der Waals surface area contributed by atoms with Gasteiger partial charge < -0.3 is 15.2 Å². The summed E-state index contributed by atoms with van der Waals surface area (Å²) < 4.78 is 5.30. The van der Waals surface area contributed by atoms with Crippen LogP contribution in [0.1, 0.15) is 44.6 Å². The molecule has 26 heavy (non-hydrogen) atoms. The second-order valence-corrected chi connectivity index (χ2v) is 6.43. The number of amides is 2. The van der Waals surface area contributed by atoms with Gasteiger partial charge in [-0.2, -0.15) is 0 Å². The predicted molar refractivity (Wildman–Crippen MR) is 95.4 cm³/mol. The van der Waals surface area contributed by atoms with Gasteiger partial charge in [0, 0.05) is 6.54 Å². The van der Waals surface area contributed by atoms with Crippen LogP contribution in [0.15, 0.2) is 30.3 Å². The Labute approximate surface area is 153 Å². The molecule has 0 saturated carbocycles. The van der Waals surface area contributed by atoms with Gasteiger partial charge in [0.2, 0.25) is 5.91 Å². The van der Waals surface area contributed by atoms with E-state index in [4.69, 9.17) is 4.74 Å². The predicted octanol–water partition coefficient (Wildman–Crippen LogP) is 2.55. The number of benzene rings is 1. The van der Waals surface area contributed by atoms with Crippen LogP contribution < -0.4 is 5.32 Å². The normalized spacial score (nSPS) is 17.6. The fourth-order valence-electron chi connectivity index (χ4n) is 2.99. The van der Waals surface area contributed by atoms with Crippen LogP contribution in [0.4, 0.5) is 4.79 Å². The molecule has 1 aromatic rings. The molecule has 1 saturated heterocycles. The lowest BCUT2D eigenvalue weighted by molar-refractivity contribution is -0.142. The van der Waals surface area contributed by atoms with E-state index >= 15 is 0 Å². The van der Waals surface area contributed by atoms with Gasteiger partial charge in [-0.1, -0.05) is 50.1 Å². The summed E-state index contributed by atoms with van der Waals surface area (Å²) in [6, 6.07) is 7.70. The van der Waals surface area contributed by atoms with Crippen LogP contribution >= 0.6 is 0 Å². The third kappa shape index (κ3) is 5.47. The number of carboxylic acid groups (broad SMARTS) is 1. The van der Waals surface area contributed by atoms with Crippen molar-refractivity contribution in [3.63, 3.8) is 0 Å². The van der Waals surface area contributed by atoms with E-state index in [2.05, 4.69) is 5.32 Å². The Morgan fingerprint density at radius 1 is 1.31 bits per heavy atom. The molecule has 0 radical (unpaired) electrons. The molecule has 142 valence electrons. The van der Waals surface area contributed by atoms with Gasteiger partial charge in [0.05, 0.1) is 0 Å². The average Bonchev–Trinajstić information content (AvgIpc) is 3.13. The number of ether oxygens (including phenoxy) is 1. The van der Waals surface area contributed by atoms with E-state index in [9.17, 15) is 19.5 Å². The molecule has 1 aliphatic rings. The summed E-state index contributed by atoms with van der Waals surface area (Å²) in [6.45, 7) is 2.53. The van der Waals surface area contributed by atoms with Crippen LogP contribution in [0.5, 0.6) is 0 Å².